The molecule has 2 amide bonds. The summed E-state index contributed by atoms with van der Waals surface area (Å²) in [5, 5.41) is 3.04. The third kappa shape index (κ3) is 13.0. The molecule has 2 heterocycles. The molecule has 1 saturated heterocycles. The second-order valence-electron chi connectivity index (χ2n) is 9.05. The second kappa shape index (κ2) is 19.0. The number of unbranched alkanes of at least 4 members (excludes halogenated alkanes) is 1. The van der Waals surface area contributed by atoms with Crippen LogP contribution in [0.1, 0.15) is 75.1 Å². The number of hydrogen-bond donors (Lipinski definition) is 1. The molecule has 0 aliphatic carbocycles. The maximum atomic E-state index is 12.5. The van der Waals surface area contributed by atoms with Crippen LogP contribution >= 0.6 is 0 Å². The molecule has 1 aromatic heterocycles. The van der Waals surface area contributed by atoms with Crippen molar-refractivity contribution < 1.29 is 9.59 Å². The number of carbonyl (C=O) groups is 2. The average Bonchev–Trinajstić information content (AvgIpc) is 3.38. The highest BCUT2D eigenvalue weighted by atomic mass is 16.2. The summed E-state index contributed by atoms with van der Waals surface area (Å²) >= 11 is 0. The van der Waals surface area contributed by atoms with Crippen molar-refractivity contribution in [3.63, 3.8) is 0 Å². The number of amides is 2. The van der Waals surface area contributed by atoms with Crippen LogP contribution in [-0.2, 0) is 4.79 Å². The van der Waals surface area contributed by atoms with Crippen LogP contribution in [0.5, 0.6) is 0 Å². The van der Waals surface area contributed by atoms with Crippen LogP contribution in [-0.4, -0.2) is 41.3 Å². The van der Waals surface area contributed by atoms with Crippen LogP contribution < -0.4 is 5.32 Å². The summed E-state index contributed by atoms with van der Waals surface area (Å²) in [5.41, 5.74) is 0.622. The first-order chi connectivity index (χ1) is 17.7. The zero-order valence-corrected chi connectivity index (χ0v) is 21.9. The van der Waals surface area contributed by atoms with Gasteiger partial charge in [0.05, 0.1) is 5.56 Å². The average molecular weight is 490 g/mol. The summed E-state index contributed by atoms with van der Waals surface area (Å²) in [4.78, 5) is 30.5. The van der Waals surface area contributed by atoms with E-state index in [4.69, 9.17) is 0 Å². The first-order valence-corrected chi connectivity index (χ1v) is 13.4. The fraction of sp³-hybridized carbons (Fsp3) is 0.452. The molecule has 1 fully saturated rings. The van der Waals surface area contributed by atoms with Gasteiger partial charge < -0.3 is 10.2 Å². The first kappa shape index (κ1) is 29.0. The maximum Gasteiger partial charge on any atom is 0.255 e. The quantitative estimate of drug-likeness (QED) is 0.211. The van der Waals surface area contributed by atoms with Gasteiger partial charge in [-0.3, -0.25) is 14.6 Å². The van der Waals surface area contributed by atoms with Crippen LogP contribution in [0.2, 0.25) is 0 Å². The Balaban J connectivity index is 1.45. The monoisotopic (exact) mass is 489 g/mol. The summed E-state index contributed by atoms with van der Waals surface area (Å²) < 4.78 is 0. The number of likely N-dealkylation sites (tertiary alicyclic amines) is 1. The van der Waals surface area contributed by atoms with Crippen LogP contribution in [0, 0.1) is 5.92 Å². The van der Waals surface area contributed by atoms with E-state index in [1.54, 1.807) is 24.5 Å². The summed E-state index contributed by atoms with van der Waals surface area (Å²) in [5.74, 6) is 0.439. The number of carbonyl (C=O) groups excluding carboxylic acids is 2. The Labute approximate surface area is 217 Å². The van der Waals surface area contributed by atoms with E-state index in [2.05, 4.69) is 78.0 Å². The van der Waals surface area contributed by atoms with Crippen LogP contribution in [0.25, 0.3) is 0 Å². The Hall–Kier alpha value is -3.21. The van der Waals surface area contributed by atoms with E-state index < -0.39 is 0 Å². The van der Waals surface area contributed by atoms with Gasteiger partial charge in [-0.15, -0.1) is 0 Å². The zero-order chi connectivity index (χ0) is 25.7. The van der Waals surface area contributed by atoms with Gasteiger partial charge in [0.25, 0.3) is 5.91 Å². The van der Waals surface area contributed by atoms with E-state index in [-0.39, 0.29) is 11.8 Å². The number of rotatable bonds is 16. The number of allylic oxidation sites excluding steroid dienone is 10. The largest absolute Gasteiger partial charge is 0.356 e. The van der Waals surface area contributed by atoms with E-state index >= 15 is 0 Å². The second-order valence-corrected chi connectivity index (χ2v) is 9.05. The van der Waals surface area contributed by atoms with Gasteiger partial charge >= 0.3 is 0 Å². The molecule has 0 aromatic carbocycles. The topological polar surface area (TPSA) is 62.3 Å². The Morgan fingerprint density at radius 2 is 1.61 bits per heavy atom. The number of nitrogens with one attached hydrogen (secondary N) is 1. The van der Waals surface area contributed by atoms with Gasteiger partial charge in [-0.1, -0.05) is 67.7 Å². The Morgan fingerprint density at radius 3 is 2.22 bits per heavy atom. The number of nitrogens with zero attached hydrogens (tertiary/aromatic N) is 2. The fourth-order valence-electron chi connectivity index (χ4n) is 3.95. The number of hydrogen-bond acceptors (Lipinski definition) is 3. The van der Waals surface area contributed by atoms with E-state index in [0.29, 0.717) is 31.0 Å². The van der Waals surface area contributed by atoms with E-state index in [9.17, 15) is 9.59 Å². The summed E-state index contributed by atoms with van der Waals surface area (Å²) in [6.45, 7) is 4.21. The highest BCUT2D eigenvalue weighted by molar-refractivity contribution is 5.94. The van der Waals surface area contributed by atoms with Crippen LogP contribution in [0.4, 0.5) is 0 Å². The first-order valence-electron chi connectivity index (χ1n) is 13.4. The predicted octanol–water partition coefficient (Wildman–Crippen LogP) is 6.58. The summed E-state index contributed by atoms with van der Waals surface area (Å²) in [7, 11) is 0. The van der Waals surface area contributed by atoms with E-state index in [1.165, 1.54) is 0 Å². The maximum absolute atomic E-state index is 12.5. The van der Waals surface area contributed by atoms with Crippen molar-refractivity contribution >= 4 is 11.8 Å². The normalized spacial score (nSPS) is 16.5. The minimum absolute atomic E-state index is 0.0222. The fourth-order valence-corrected chi connectivity index (χ4v) is 3.95. The van der Waals surface area contributed by atoms with Crippen molar-refractivity contribution in [2.75, 3.05) is 19.6 Å². The lowest BCUT2D eigenvalue weighted by atomic mass is 10.1. The number of aromatic nitrogens is 1. The third-order valence-corrected chi connectivity index (χ3v) is 6.00. The summed E-state index contributed by atoms with van der Waals surface area (Å²) in [6.07, 6.45) is 33.4. The predicted molar refractivity (Wildman–Crippen MR) is 150 cm³/mol. The molecule has 194 valence electrons. The van der Waals surface area contributed by atoms with Crippen LogP contribution in [0.15, 0.2) is 85.3 Å². The molecule has 1 aromatic rings. The van der Waals surface area contributed by atoms with Crippen molar-refractivity contribution in [2.45, 2.75) is 64.7 Å². The van der Waals surface area contributed by atoms with Gasteiger partial charge in [0.2, 0.25) is 5.91 Å². The molecule has 1 aliphatic heterocycles. The smallest absolute Gasteiger partial charge is 0.255 e. The molecule has 1 atom stereocenters. The molecule has 36 heavy (non-hydrogen) atoms. The van der Waals surface area contributed by atoms with E-state index in [1.807, 2.05) is 4.90 Å². The van der Waals surface area contributed by atoms with Crippen molar-refractivity contribution in [3.8, 4) is 0 Å². The highest BCUT2D eigenvalue weighted by Gasteiger charge is 2.27. The Kier molecular flexibility index (Phi) is 15.3. The van der Waals surface area contributed by atoms with Gasteiger partial charge in [-0.25, -0.2) is 0 Å². The molecular formula is C31H43N3O2. The van der Waals surface area contributed by atoms with Gasteiger partial charge in [0.1, 0.15) is 0 Å². The lowest BCUT2D eigenvalue weighted by Crippen LogP contribution is -2.33. The SMILES string of the molecule is CC/C=C\C/C=C\C/C=C\C/C=C\C/C=C\CCCC(=O)NC[C@@H]1CCN(C(=O)c2cccnc2)C1. The summed E-state index contributed by atoms with van der Waals surface area (Å²) in [6, 6.07) is 3.57. The molecule has 0 saturated carbocycles. The zero-order valence-electron chi connectivity index (χ0n) is 21.9. The molecule has 5 heteroatoms. The van der Waals surface area contributed by atoms with E-state index in [0.717, 1.165) is 57.9 Å². The van der Waals surface area contributed by atoms with Gasteiger partial charge in [0, 0.05) is 38.4 Å². The van der Waals surface area contributed by atoms with Crippen molar-refractivity contribution in [2.24, 2.45) is 5.92 Å². The molecule has 0 bridgehead atoms. The van der Waals surface area contributed by atoms with Crippen molar-refractivity contribution in [1.29, 1.82) is 0 Å². The molecule has 0 spiro atoms. The van der Waals surface area contributed by atoms with Crippen molar-refractivity contribution in [3.05, 3.63) is 90.9 Å². The van der Waals surface area contributed by atoms with Crippen LogP contribution in [0.3, 0.4) is 0 Å². The van der Waals surface area contributed by atoms with Gasteiger partial charge in [-0.2, -0.15) is 0 Å². The lowest BCUT2D eigenvalue weighted by Gasteiger charge is -2.16. The standard InChI is InChI=1S/C31H43N3O2/c1-2-3-4-5-6-7-8-9-10-11-12-13-14-15-16-17-18-21-30(35)33-25-28-22-24-34(27-28)31(36)29-20-19-23-32-26-29/h3-4,6-7,9-10,12-13,15-16,19-20,23,26,28H,2,5,8,11,14,17-18,21-22,24-25,27H2,1H3,(H,33,35)/b4-3-,7-6-,10-9-,13-12-,16-15-/t28-/m0/s1. The highest BCUT2D eigenvalue weighted by Crippen LogP contribution is 2.18. The molecule has 1 aliphatic rings. The third-order valence-electron chi connectivity index (χ3n) is 6.00. The minimum atomic E-state index is 0.0222. The molecule has 1 N–H and O–H groups in total. The minimum Gasteiger partial charge on any atom is -0.356 e. The molecule has 5 nitrogen and oxygen atoms in total. The molecule has 0 radical (unpaired) electrons. The lowest BCUT2D eigenvalue weighted by molar-refractivity contribution is -0.121. The van der Waals surface area contributed by atoms with Gasteiger partial charge in [0.15, 0.2) is 0 Å². The number of pyridine rings is 1. The molecular weight excluding hydrogens is 446 g/mol. The molecule has 2 rings (SSSR count). The van der Waals surface area contributed by atoms with Crippen molar-refractivity contribution in [1.82, 2.24) is 15.2 Å². The molecule has 0 unspecified atom stereocenters. The Bertz CT molecular complexity index is 900. The Morgan fingerprint density at radius 1 is 0.972 bits per heavy atom. The van der Waals surface area contributed by atoms with Gasteiger partial charge in [-0.05, 0) is 69.4 Å².